The van der Waals surface area contributed by atoms with Crippen LogP contribution in [0, 0.1) is 11.3 Å². The third-order valence-corrected chi connectivity index (χ3v) is 3.33. The van der Waals surface area contributed by atoms with Crippen molar-refractivity contribution in [1.29, 1.82) is 5.26 Å². The second-order valence-corrected chi connectivity index (χ2v) is 4.91. The van der Waals surface area contributed by atoms with Gasteiger partial charge < -0.3 is 0 Å². The number of hydrazone groups is 1. The maximum Gasteiger partial charge on any atom is 0.264 e. The Morgan fingerprint density at radius 2 is 2.10 bits per heavy atom. The standard InChI is InChI=1S/C13H10N4O3S/c14-7-6-10(18)17-11(19)8-21-13(16-17)15-12(20)9-4-2-1-3-5-9/h1-5H,6,8H2,(H,15,16,20). The molecule has 1 N–H and O–H groups in total. The van der Waals surface area contributed by atoms with Crippen molar-refractivity contribution in [3.63, 3.8) is 0 Å². The number of carbonyl (C=O) groups excluding carboxylic acids is 3. The van der Waals surface area contributed by atoms with Crippen LogP contribution in [-0.2, 0) is 9.59 Å². The van der Waals surface area contributed by atoms with E-state index in [1.54, 1.807) is 36.4 Å². The molecule has 3 amide bonds. The first-order chi connectivity index (χ1) is 10.1. The van der Waals surface area contributed by atoms with Gasteiger partial charge >= 0.3 is 0 Å². The molecule has 1 aliphatic heterocycles. The summed E-state index contributed by atoms with van der Waals surface area (Å²) in [6.45, 7) is 0. The Balaban J connectivity index is 2.11. The van der Waals surface area contributed by atoms with Crippen LogP contribution in [0.3, 0.4) is 0 Å². The minimum Gasteiger partial charge on any atom is -0.300 e. The summed E-state index contributed by atoms with van der Waals surface area (Å²) < 4.78 is 0. The summed E-state index contributed by atoms with van der Waals surface area (Å²) >= 11 is 1.03. The Hall–Kier alpha value is -2.66. The molecule has 0 bridgehead atoms. The van der Waals surface area contributed by atoms with E-state index in [0.717, 1.165) is 11.8 Å². The fourth-order valence-electron chi connectivity index (χ4n) is 1.52. The molecule has 0 radical (unpaired) electrons. The molecule has 0 aromatic heterocycles. The second kappa shape index (κ2) is 6.67. The summed E-state index contributed by atoms with van der Waals surface area (Å²) in [5.41, 5.74) is 0.438. The zero-order valence-electron chi connectivity index (χ0n) is 10.8. The van der Waals surface area contributed by atoms with E-state index in [-0.39, 0.29) is 16.8 Å². The van der Waals surface area contributed by atoms with Crippen molar-refractivity contribution in [2.75, 3.05) is 5.75 Å². The molecule has 7 nitrogen and oxygen atoms in total. The van der Waals surface area contributed by atoms with E-state index in [1.165, 1.54) is 0 Å². The van der Waals surface area contributed by atoms with Crippen molar-refractivity contribution < 1.29 is 14.4 Å². The monoisotopic (exact) mass is 302 g/mol. The fraction of sp³-hybridized carbons (Fsp3) is 0.154. The molecule has 0 fully saturated rings. The predicted octanol–water partition coefficient (Wildman–Crippen LogP) is 0.703. The van der Waals surface area contributed by atoms with Gasteiger partial charge in [0, 0.05) is 5.56 Å². The Labute approximate surface area is 124 Å². The number of imide groups is 1. The van der Waals surface area contributed by atoms with Gasteiger partial charge in [0.2, 0.25) is 0 Å². The summed E-state index contributed by atoms with van der Waals surface area (Å²) in [6.07, 6.45) is -0.445. The predicted molar refractivity (Wildman–Crippen MR) is 75.9 cm³/mol. The Bertz CT molecular complexity index is 651. The van der Waals surface area contributed by atoms with Crippen LogP contribution in [0.4, 0.5) is 0 Å². The topological polar surface area (TPSA) is 103 Å². The summed E-state index contributed by atoms with van der Waals surface area (Å²) in [6, 6.07) is 10.1. The Morgan fingerprint density at radius 3 is 2.76 bits per heavy atom. The van der Waals surface area contributed by atoms with Gasteiger partial charge in [-0.3, -0.25) is 19.7 Å². The molecule has 0 atom stereocenters. The number of amides is 3. The highest BCUT2D eigenvalue weighted by Gasteiger charge is 2.27. The molecule has 0 aliphatic carbocycles. The molecule has 21 heavy (non-hydrogen) atoms. The van der Waals surface area contributed by atoms with E-state index in [0.29, 0.717) is 10.6 Å². The highest BCUT2D eigenvalue weighted by Crippen LogP contribution is 2.14. The lowest BCUT2D eigenvalue weighted by atomic mass is 10.2. The zero-order valence-corrected chi connectivity index (χ0v) is 11.6. The van der Waals surface area contributed by atoms with Crippen LogP contribution in [0.1, 0.15) is 16.8 Å². The Kier molecular flexibility index (Phi) is 4.68. The quantitative estimate of drug-likeness (QED) is 0.866. The van der Waals surface area contributed by atoms with Crippen molar-refractivity contribution in [1.82, 2.24) is 10.3 Å². The molecule has 0 unspecified atom stereocenters. The van der Waals surface area contributed by atoms with Gasteiger partial charge in [-0.1, -0.05) is 30.0 Å². The minimum absolute atomic E-state index is 0.0227. The molecule has 1 aromatic carbocycles. The number of benzene rings is 1. The molecule has 1 aromatic rings. The SMILES string of the molecule is N#CCC(=O)N1N=C(NC(=O)c2ccccc2)SCC1=O. The highest BCUT2D eigenvalue weighted by atomic mass is 32.2. The Morgan fingerprint density at radius 1 is 1.38 bits per heavy atom. The van der Waals surface area contributed by atoms with Crippen LogP contribution in [-0.4, -0.2) is 33.7 Å². The van der Waals surface area contributed by atoms with E-state index >= 15 is 0 Å². The van der Waals surface area contributed by atoms with Gasteiger partial charge in [0.25, 0.3) is 17.7 Å². The number of amidine groups is 1. The molecule has 0 saturated heterocycles. The average Bonchev–Trinajstić information content (AvgIpc) is 2.50. The van der Waals surface area contributed by atoms with Crippen LogP contribution in [0.5, 0.6) is 0 Å². The highest BCUT2D eigenvalue weighted by molar-refractivity contribution is 8.14. The van der Waals surface area contributed by atoms with Crippen molar-refractivity contribution in [3.8, 4) is 6.07 Å². The summed E-state index contributed by atoms with van der Waals surface area (Å²) in [4.78, 5) is 35.1. The maximum atomic E-state index is 12.0. The van der Waals surface area contributed by atoms with E-state index < -0.39 is 18.2 Å². The zero-order chi connectivity index (χ0) is 15.2. The van der Waals surface area contributed by atoms with Gasteiger partial charge in [-0.05, 0) is 12.1 Å². The van der Waals surface area contributed by atoms with Crippen molar-refractivity contribution >= 4 is 34.7 Å². The second-order valence-electron chi connectivity index (χ2n) is 3.95. The van der Waals surface area contributed by atoms with Crippen LogP contribution in [0.25, 0.3) is 0 Å². The summed E-state index contributed by atoms with van der Waals surface area (Å²) in [5.74, 6) is -1.64. The normalized spacial score (nSPS) is 14.1. The van der Waals surface area contributed by atoms with Gasteiger partial charge in [-0.15, -0.1) is 5.10 Å². The molecule has 2 rings (SSSR count). The number of hydrogen-bond acceptors (Lipinski definition) is 6. The number of hydrogen-bond donors (Lipinski definition) is 1. The summed E-state index contributed by atoms with van der Waals surface area (Å²) in [7, 11) is 0. The van der Waals surface area contributed by atoms with Crippen LogP contribution in [0.2, 0.25) is 0 Å². The van der Waals surface area contributed by atoms with E-state index in [9.17, 15) is 14.4 Å². The first-order valence-corrected chi connectivity index (χ1v) is 6.91. The number of nitrogens with one attached hydrogen (secondary N) is 1. The third-order valence-electron chi connectivity index (χ3n) is 2.48. The number of thioether (sulfide) groups is 1. The molecule has 106 valence electrons. The van der Waals surface area contributed by atoms with Crippen molar-refractivity contribution in [3.05, 3.63) is 35.9 Å². The lowest BCUT2D eigenvalue weighted by molar-refractivity contribution is -0.142. The van der Waals surface area contributed by atoms with Crippen molar-refractivity contribution in [2.45, 2.75) is 6.42 Å². The number of rotatable bonds is 2. The molecule has 1 heterocycles. The number of carbonyl (C=O) groups is 3. The maximum absolute atomic E-state index is 12.0. The van der Waals surface area contributed by atoms with Gasteiger partial charge in [0.15, 0.2) is 5.17 Å². The lowest BCUT2D eigenvalue weighted by Crippen LogP contribution is -2.41. The van der Waals surface area contributed by atoms with Gasteiger partial charge in [0.05, 0.1) is 11.8 Å². The molecule has 1 aliphatic rings. The van der Waals surface area contributed by atoms with Gasteiger partial charge in [-0.25, -0.2) is 0 Å². The van der Waals surface area contributed by atoms with Gasteiger partial charge in [0.1, 0.15) is 6.42 Å². The summed E-state index contributed by atoms with van der Waals surface area (Å²) in [5, 5.41) is 15.6. The van der Waals surface area contributed by atoms with Crippen LogP contribution in [0.15, 0.2) is 35.4 Å². The lowest BCUT2D eigenvalue weighted by Gasteiger charge is -2.20. The van der Waals surface area contributed by atoms with E-state index in [2.05, 4.69) is 10.4 Å². The van der Waals surface area contributed by atoms with E-state index in [4.69, 9.17) is 5.26 Å². The largest absolute Gasteiger partial charge is 0.300 e. The van der Waals surface area contributed by atoms with Gasteiger partial charge in [-0.2, -0.15) is 10.3 Å². The average molecular weight is 302 g/mol. The first-order valence-electron chi connectivity index (χ1n) is 5.92. The van der Waals surface area contributed by atoms with E-state index in [1.807, 2.05) is 0 Å². The number of nitrogens with zero attached hydrogens (tertiary/aromatic N) is 3. The number of nitriles is 1. The van der Waals surface area contributed by atoms with Crippen LogP contribution >= 0.6 is 11.8 Å². The fourth-order valence-corrected chi connectivity index (χ4v) is 2.21. The smallest absolute Gasteiger partial charge is 0.264 e. The molecular weight excluding hydrogens is 292 g/mol. The molecule has 8 heteroatoms. The van der Waals surface area contributed by atoms with Crippen molar-refractivity contribution in [2.24, 2.45) is 5.10 Å². The molecule has 0 saturated carbocycles. The molecular formula is C13H10N4O3S. The first kappa shape index (κ1) is 14.7. The molecule has 0 spiro atoms. The minimum atomic E-state index is -0.714. The van der Waals surface area contributed by atoms with Crippen LogP contribution < -0.4 is 5.32 Å². The third kappa shape index (κ3) is 3.67.